The van der Waals surface area contributed by atoms with Gasteiger partial charge in [0.05, 0.1) is 18.1 Å². The zero-order valence-corrected chi connectivity index (χ0v) is 16.3. The van der Waals surface area contributed by atoms with Crippen molar-refractivity contribution in [3.8, 4) is 0 Å². The number of carbonyl (C=O) groups is 1. The molecule has 0 unspecified atom stereocenters. The molecule has 0 bridgehead atoms. The maximum Gasteiger partial charge on any atom is 0.243 e. The lowest BCUT2D eigenvalue weighted by Crippen LogP contribution is -2.40. The van der Waals surface area contributed by atoms with E-state index in [1.807, 2.05) is 4.90 Å². The first-order chi connectivity index (χ1) is 12.0. The van der Waals surface area contributed by atoms with E-state index in [1.54, 1.807) is 24.3 Å². The highest BCUT2D eigenvalue weighted by Gasteiger charge is 2.26. The van der Waals surface area contributed by atoms with Crippen LogP contribution in [0.5, 0.6) is 0 Å². The number of ether oxygens (including phenoxy) is 1. The second-order valence-corrected chi connectivity index (χ2v) is 8.49. The molecule has 2 fully saturated rings. The molecular formula is C17H26ClN3O4S. The first-order valence-electron chi connectivity index (χ1n) is 8.67. The molecule has 9 heteroatoms. The Balaban J connectivity index is 0.00000243. The summed E-state index contributed by atoms with van der Waals surface area (Å²) >= 11 is 0. The Bertz CT molecular complexity index is 705. The molecule has 2 heterocycles. The van der Waals surface area contributed by atoms with Crippen LogP contribution in [0.25, 0.3) is 0 Å². The number of hydrogen-bond donors (Lipinski definition) is 1. The SMILES string of the molecule is Cl.N[C@@H]1CCN(C(=O)CCc2ccc(S(=O)(=O)N3CCOCC3)cc2)C1. The third-order valence-electron chi connectivity index (χ3n) is 4.74. The molecular weight excluding hydrogens is 378 g/mol. The maximum atomic E-state index is 12.6. The van der Waals surface area contributed by atoms with E-state index in [2.05, 4.69) is 0 Å². The number of morpholine rings is 1. The lowest BCUT2D eigenvalue weighted by atomic mass is 10.1. The minimum Gasteiger partial charge on any atom is -0.379 e. The number of benzene rings is 1. The number of halogens is 1. The quantitative estimate of drug-likeness (QED) is 0.778. The maximum absolute atomic E-state index is 12.6. The Morgan fingerprint density at radius 1 is 1.15 bits per heavy atom. The minimum atomic E-state index is -3.47. The molecule has 0 saturated carbocycles. The van der Waals surface area contributed by atoms with Crippen LogP contribution in [0.2, 0.25) is 0 Å². The van der Waals surface area contributed by atoms with E-state index < -0.39 is 10.0 Å². The summed E-state index contributed by atoms with van der Waals surface area (Å²) in [5.41, 5.74) is 6.78. The summed E-state index contributed by atoms with van der Waals surface area (Å²) in [5.74, 6) is 0.109. The average molecular weight is 404 g/mol. The van der Waals surface area contributed by atoms with Gasteiger partial charge in [0.1, 0.15) is 0 Å². The van der Waals surface area contributed by atoms with Crippen LogP contribution >= 0.6 is 12.4 Å². The molecule has 1 aromatic carbocycles. The molecule has 2 aliphatic rings. The molecule has 2 saturated heterocycles. The van der Waals surface area contributed by atoms with Crippen LogP contribution in [0, 0.1) is 0 Å². The molecule has 3 rings (SSSR count). The zero-order chi connectivity index (χ0) is 17.9. The van der Waals surface area contributed by atoms with Crippen LogP contribution in [-0.4, -0.2) is 69.0 Å². The van der Waals surface area contributed by atoms with E-state index in [1.165, 1.54) is 4.31 Å². The summed E-state index contributed by atoms with van der Waals surface area (Å²) in [6.45, 7) is 3.00. The van der Waals surface area contributed by atoms with E-state index >= 15 is 0 Å². The van der Waals surface area contributed by atoms with Gasteiger partial charge in [0, 0.05) is 38.6 Å². The first-order valence-corrected chi connectivity index (χ1v) is 10.1. The van der Waals surface area contributed by atoms with Gasteiger partial charge in [0.25, 0.3) is 0 Å². The molecule has 0 aromatic heterocycles. The average Bonchev–Trinajstić information content (AvgIpc) is 3.07. The molecule has 1 atom stereocenters. The molecule has 7 nitrogen and oxygen atoms in total. The number of nitrogens with two attached hydrogens (primary N) is 1. The summed E-state index contributed by atoms with van der Waals surface area (Å²) in [6.07, 6.45) is 1.88. The van der Waals surface area contributed by atoms with Crippen molar-refractivity contribution in [3.05, 3.63) is 29.8 Å². The predicted molar refractivity (Wildman–Crippen MR) is 101 cm³/mol. The molecule has 0 spiro atoms. The minimum absolute atomic E-state index is 0. The first kappa shape index (κ1) is 21.1. The van der Waals surface area contributed by atoms with Crippen molar-refractivity contribution in [1.29, 1.82) is 0 Å². The number of nitrogens with zero attached hydrogens (tertiary/aromatic N) is 2. The van der Waals surface area contributed by atoms with E-state index in [0.717, 1.165) is 18.5 Å². The summed E-state index contributed by atoms with van der Waals surface area (Å²) < 4.78 is 31.8. The van der Waals surface area contributed by atoms with E-state index in [4.69, 9.17) is 10.5 Å². The predicted octanol–water partition coefficient (Wildman–Crippen LogP) is 0.622. The summed E-state index contributed by atoms with van der Waals surface area (Å²) in [7, 11) is -3.47. The Kier molecular flexibility index (Phi) is 7.42. The van der Waals surface area contributed by atoms with Gasteiger partial charge in [-0.1, -0.05) is 12.1 Å². The number of hydrogen-bond acceptors (Lipinski definition) is 5. The molecule has 2 N–H and O–H groups in total. The molecule has 0 radical (unpaired) electrons. The molecule has 2 aliphatic heterocycles. The molecule has 1 aromatic rings. The second-order valence-electron chi connectivity index (χ2n) is 6.55. The second kappa shape index (κ2) is 9.14. The summed E-state index contributed by atoms with van der Waals surface area (Å²) in [5, 5.41) is 0. The fraction of sp³-hybridized carbons (Fsp3) is 0.588. The highest BCUT2D eigenvalue weighted by Crippen LogP contribution is 2.18. The van der Waals surface area contributed by atoms with Crippen molar-refractivity contribution in [2.45, 2.75) is 30.2 Å². The van der Waals surface area contributed by atoms with Crippen molar-refractivity contribution in [2.75, 3.05) is 39.4 Å². The van der Waals surface area contributed by atoms with Gasteiger partial charge in [0.15, 0.2) is 0 Å². The van der Waals surface area contributed by atoms with Gasteiger partial charge in [-0.05, 0) is 30.5 Å². The highest BCUT2D eigenvalue weighted by molar-refractivity contribution is 7.89. The fourth-order valence-electron chi connectivity index (χ4n) is 3.19. The van der Waals surface area contributed by atoms with Crippen LogP contribution in [0.4, 0.5) is 0 Å². The number of sulfonamides is 1. The smallest absolute Gasteiger partial charge is 0.243 e. The van der Waals surface area contributed by atoms with Gasteiger partial charge in [-0.15, -0.1) is 12.4 Å². The number of aryl methyl sites for hydroxylation is 1. The van der Waals surface area contributed by atoms with Crippen molar-refractivity contribution in [2.24, 2.45) is 5.73 Å². The van der Waals surface area contributed by atoms with Crippen molar-refractivity contribution in [1.82, 2.24) is 9.21 Å². The van der Waals surface area contributed by atoms with Gasteiger partial charge in [-0.2, -0.15) is 4.31 Å². The van der Waals surface area contributed by atoms with Gasteiger partial charge in [-0.25, -0.2) is 8.42 Å². The number of amides is 1. The van der Waals surface area contributed by atoms with E-state index in [9.17, 15) is 13.2 Å². The molecule has 26 heavy (non-hydrogen) atoms. The van der Waals surface area contributed by atoms with Crippen LogP contribution < -0.4 is 5.73 Å². The number of carbonyl (C=O) groups excluding carboxylic acids is 1. The number of likely N-dealkylation sites (tertiary alicyclic amines) is 1. The Morgan fingerprint density at radius 2 is 1.81 bits per heavy atom. The van der Waals surface area contributed by atoms with Crippen molar-refractivity contribution >= 4 is 28.3 Å². The van der Waals surface area contributed by atoms with Gasteiger partial charge in [0.2, 0.25) is 15.9 Å². The van der Waals surface area contributed by atoms with Gasteiger partial charge >= 0.3 is 0 Å². The van der Waals surface area contributed by atoms with Crippen LogP contribution in [0.15, 0.2) is 29.2 Å². The molecule has 1 amide bonds. The molecule has 0 aliphatic carbocycles. The molecule has 146 valence electrons. The third kappa shape index (κ3) is 4.95. The highest BCUT2D eigenvalue weighted by atomic mass is 35.5. The van der Waals surface area contributed by atoms with E-state index in [0.29, 0.717) is 45.7 Å². The third-order valence-corrected chi connectivity index (χ3v) is 6.65. The summed E-state index contributed by atoms with van der Waals surface area (Å²) in [6, 6.07) is 6.91. The van der Waals surface area contributed by atoms with Crippen LogP contribution in [0.1, 0.15) is 18.4 Å². The number of rotatable bonds is 5. The van der Waals surface area contributed by atoms with Crippen molar-refractivity contribution in [3.63, 3.8) is 0 Å². The largest absolute Gasteiger partial charge is 0.379 e. The Morgan fingerprint density at radius 3 is 2.38 bits per heavy atom. The lowest BCUT2D eigenvalue weighted by Gasteiger charge is -2.26. The van der Waals surface area contributed by atoms with Gasteiger partial charge < -0.3 is 15.4 Å². The van der Waals surface area contributed by atoms with Crippen LogP contribution in [-0.2, 0) is 26.0 Å². The van der Waals surface area contributed by atoms with E-state index in [-0.39, 0.29) is 29.3 Å². The zero-order valence-electron chi connectivity index (χ0n) is 14.7. The monoisotopic (exact) mass is 403 g/mol. The van der Waals surface area contributed by atoms with Crippen LogP contribution in [0.3, 0.4) is 0 Å². The topological polar surface area (TPSA) is 92.9 Å². The fourth-order valence-corrected chi connectivity index (χ4v) is 4.60. The summed E-state index contributed by atoms with van der Waals surface area (Å²) in [4.78, 5) is 14.2. The normalized spacial score (nSPS) is 21.4. The Labute approximate surface area is 160 Å². The standard InChI is InChI=1S/C17H25N3O4S.ClH/c18-15-7-8-19(13-15)17(21)6-3-14-1-4-16(5-2-14)25(22,23)20-9-11-24-12-10-20;/h1-2,4-5,15H,3,6-13,18H2;1H/t15-;/m1./s1. The van der Waals surface area contributed by atoms with Gasteiger partial charge in [-0.3, -0.25) is 4.79 Å². The Hall–Kier alpha value is -1.19. The van der Waals surface area contributed by atoms with Crippen molar-refractivity contribution < 1.29 is 17.9 Å². The lowest BCUT2D eigenvalue weighted by molar-refractivity contribution is -0.130.